The average molecular weight is 353 g/mol. The molecule has 1 saturated heterocycles. The minimum Gasteiger partial charge on any atom is -0.489 e. The lowest BCUT2D eigenvalue weighted by Gasteiger charge is -2.33. The number of para-hydroxylation sites is 1. The van der Waals surface area contributed by atoms with Crippen LogP contribution in [-0.4, -0.2) is 38.4 Å². The number of hydrogen-bond donors (Lipinski definition) is 2. The van der Waals surface area contributed by atoms with E-state index in [0.717, 1.165) is 32.1 Å². The highest BCUT2D eigenvalue weighted by Crippen LogP contribution is 2.30. The number of halogens is 1. The fourth-order valence-electron chi connectivity index (χ4n) is 3.76. The summed E-state index contributed by atoms with van der Waals surface area (Å²) in [5.41, 5.74) is 1.22. The number of nitrogens with one attached hydrogen (secondary N) is 2. The van der Waals surface area contributed by atoms with Crippen LogP contribution in [0.4, 0.5) is 0 Å². The zero-order valence-electron chi connectivity index (χ0n) is 14.2. The van der Waals surface area contributed by atoms with Gasteiger partial charge in [0.1, 0.15) is 12.4 Å². The summed E-state index contributed by atoms with van der Waals surface area (Å²) >= 11 is 0. The summed E-state index contributed by atoms with van der Waals surface area (Å²) in [6.45, 7) is 7.78. The first-order valence-corrected chi connectivity index (χ1v) is 8.74. The molecule has 0 radical (unpaired) electrons. The van der Waals surface area contributed by atoms with Crippen LogP contribution in [0.2, 0.25) is 0 Å². The summed E-state index contributed by atoms with van der Waals surface area (Å²) in [5.74, 6) is 1.62. The maximum Gasteiger partial charge on any atom is 0.124 e. The summed E-state index contributed by atoms with van der Waals surface area (Å²) < 4.78 is 11.4. The SMILES string of the molecule is C=CCOc1ccccc1CNC1CCCC1C1COCCN1.Cl. The second kappa shape index (κ2) is 10.0. The predicted octanol–water partition coefficient (Wildman–Crippen LogP) is 2.92. The van der Waals surface area contributed by atoms with E-state index in [4.69, 9.17) is 9.47 Å². The Morgan fingerprint density at radius 2 is 2.21 bits per heavy atom. The van der Waals surface area contributed by atoms with Gasteiger partial charge in [-0.1, -0.05) is 37.3 Å². The molecule has 2 aliphatic rings. The maximum absolute atomic E-state index is 5.75. The van der Waals surface area contributed by atoms with Crippen LogP contribution < -0.4 is 15.4 Å². The second-order valence-corrected chi connectivity index (χ2v) is 6.43. The molecule has 3 atom stereocenters. The molecule has 24 heavy (non-hydrogen) atoms. The van der Waals surface area contributed by atoms with Gasteiger partial charge in [-0.05, 0) is 24.8 Å². The van der Waals surface area contributed by atoms with Crippen LogP contribution in [0.15, 0.2) is 36.9 Å². The second-order valence-electron chi connectivity index (χ2n) is 6.43. The molecular weight excluding hydrogens is 324 g/mol. The van der Waals surface area contributed by atoms with Crippen molar-refractivity contribution in [2.75, 3.05) is 26.4 Å². The Morgan fingerprint density at radius 1 is 1.33 bits per heavy atom. The van der Waals surface area contributed by atoms with Gasteiger partial charge in [0.25, 0.3) is 0 Å². The van der Waals surface area contributed by atoms with E-state index in [1.54, 1.807) is 6.08 Å². The molecule has 3 rings (SSSR count). The quantitative estimate of drug-likeness (QED) is 0.740. The molecule has 2 fully saturated rings. The molecule has 1 aliphatic heterocycles. The van der Waals surface area contributed by atoms with Crippen LogP contribution in [0.1, 0.15) is 24.8 Å². The van der Waals surface area contributed by atoms with Crippen molar-refractivity contribution in [1.82, 2.24) is 10.6 Å². The molecule has 134 valence electrons. The standard InChI is InChI=1S/C19H28N2O2.ClH/c1-2-11-23-19-9-4-3-6-15(19)13-21-17-8-5-7-16(17)18-14-22-12-10-20-18;/h2-4,6,9,16-18,20-21H,1,5,7-8,10-14H2;1H. The lowest BCUT2D eigenvalue weighted by atomic mass is 9.94. The molecule has 0 spiro atoms. The summed E-state index contributed by atoms with van der Waals surface area (Å²) in [6, 6.07) is 9.31. The van der Waals surface area contributed by atoms with Crippen LogP contribution >= 0.6 is 12.4 Å². The molecule has 0 bridgehead atoms. The average Bonchev–Trinajstić information content (AvgIpc) is 3.08. The first-order valence-electron chi connectivity index (χ1n) is 8.74. The molecule has 4 nitrogen and oxygen atoms in total. The summed E-state index contributed by atoms with van der Waals surface area (Å²) in [6.07, 6.45) is 5.62. The van der Waals surface area contributed by atoms with Crippen molar-refractivity contribution in [3.63, 3.8) is 0 Å². The van der Waals surface area contributed by atoms with Gasteiger partial charge in [0, 0.05) is 30.7 Å². The Morgan fingerprint density at radius 3 is 3.00 bits per heavy atom. The number of hydrogen-bond acceptors (Lipinski definition) is 4. The number of benzene rings is 1. The highest BCUT2D eigenvalue weighted by atomic mass is 35.5. The van der Waals surface area contributed by atoms with Gasteiger partial charge in [-0.25, -0.2) is 0 Å². The Labute approximate surface area is 151 Å². The molecule has 0 amide bonds. The lowest BCUT2D eigenvalue weighted by molar-refractivity contribution is 0.0524. The third kappa shape index (κ3) is 4.96. The molecule has 1 aliphatic carbocycles. The van der Waals surface area contributed by atoms with Gasteiger partial charge in [-0.3, -0.25) is 0 Å². The van der Waals surface area contributed by atoms with E-state index in [1.165, 1.54) is 24.8 Å². The predicted molar refractivity (Wildman–Crippen MR) is 100.0 cm³/mol. The van der Waals surface area contributed by atoms with E-state index in [1.807, 2.05) is 12.1 Å². The van der Waals surface area contributed by atoms with Gasteiger partial charge in [0.05, 0.1) is 13.2 Å². The molecular formula is C19H29ClN2O2. The monoisotopic (exact) mass is 352 g/mol. The van der Waals surface area contributed by atoms with Crippen LogP contribution in [0.25, 0.3) is 0 Å². The number of ether oxygens (including phenoxy) is 2. The zero-order chi connectivity index (χ0) is 15.9. The van der Waals surface area contributed by atoms with Gasteiger partial charge < -0.3 is 20.1 Å². The molecule has 1 saturated carbocycles. The van der Waals surface area contributed by atoms with Crippen molar-refractivity contribution >= 4 is 12.4 Å². The van der Waals surface area contributed by atoms with E-state index < -0.39 is 0 Å². The normalized spacial score (nSPS) is 26.6. The molecule has 1 aromatic carbocycles. The van der Waals surface area contributed by atoms with E-state index >= 15 is 0 Å². The van der Waals surface area contributed by atoms with E-state index in [9.17, 15) is 0 Å². The largest absolute Gasteiger partial charge is 0.489 e. The Balaban J connectivity index is 0.00000208. The Kier molecular flexibility index (Phi) is 8.06. The van der Waals surface area contributed by atoms with Crippen molar-refractivity contribution < 1.29 is 9.47 Å². The minimum atomic E-state index is 0. The molecule has 1 aromatic rings. The van der Waals surface area contributed by atoms with Gasteiger partial charge in [0.15, 0.2) is 0 Å². The Hall–Kier alpha value is -1.07. The summed E-state index contributed by atoms with van der Waals surface area (Å²) in [4.78, 5) is 0. The smallest absolute Gasteiger partial charge is 0.124 e. The first-order chi connectivity index (χ1) is 11.4. The van der Waals surface area contributed by atoms with Crippen molar-refractivity contribution in [3.05, 3.63) is 42.5 Å². The van der Waals surface area contributed by atoms with Crippen molar-refractivity contribution in [1.29, 1.82) is 0 Å². The number of morpholine rings is 1. The highest BCUT2D eigenvalue weighted by Gasteiger charge is 2.34. The van der Waals surface area contributed by atoms with Crippen LogP contribution in [0.3, 0.4) is 0 Å². The van der Waals surface area contributed by atoms with E-state index in [2.05, 4.69) is 29.3 Å². The molecule has 0 aromatic heterocycles. The Bertz CT molecular complexity index is 506. The number of rotatable bonds is 7. The van der Waals surface area contributed by atoms with E-state index in [0.29, 0.717) is 24.6 Å². The lowest BCUT2D eigenvalue weighted by Crippen LogP contribution is -2.50. The van der Waals surface area contributed by atoms with E-state index in [-0.39, 0.29) is 12.4 Å². The third-order valence-corrected chi connectivity index (χ3v) is 4.92. The molecule has 2 N–H and O–H groups in total. The van der Waals surface area contributed by atoms with Crippen molar-refractivity contribution in [2.45, 2.75) is 37.9 Å². The van der Waals surface area contributed by atoms with Gasteiger partial charge in [-0.15, -0.1) is 12.4 Å². The fraction of sp³-hybridized carbons (Fsp3) is 0.579. The highest BCUT2D eigenvalue weighted by molar-refractivity contribution is 5.85. The molecule has 1 heterocycles. The zero-order valence-corrected chi connectivity index (χ0v) is 15.0. The summed E-state index contributed by atoms with van der Waals surface area (Å²) in [5, 5.41) is 7.39. The van der Waals surface area contributed by atoms with Crippen LogP contribution in [-0.2, 0) is 11.3 Å². The molecule has 5 heteroatoms. The first kappa shape index (κ1) is 19.3. The van der Waals surface area contributed by atoms with Crippen molar-refractivity contribution in [3.8, 4) is 5.75 Å². The summed E-state index contributed by atoms with van der Waals surface area (Å²) in [7, 11) is 0. The maximum atomic E-state index is 5.75. The van der Waals surface area contributed by atoms with Crippen molar-refractivity contribution in [2.24, 2.45) is 5.92 Å². The fourth-order valence-corrected chi connectivity index (χ4v) is 3.76. The van der Waals surface area contributed by atoms with Gasteiger partial charge in [0.2, 0.25) is 0 Å². The third-order valence-electron chi connectivity index (χ3n) is 4.92. The topological polar surface area (TPSA) is 42.5 Å². The molecule has 3 unspecified atom stereocenters. The van der Waals surface area contributed by atoms with Gasteiger partial charge in [-0.2, -0.15) is 0 Å². The van der Waals surface area contributed by atoms with Crippen LogP contribution in [0.5, 0.6) is 5.75 Å². The minimum absolute atomic E-state index is 0. The van der Waals surface area contributed by atoms with Crippen LogP contribution in [0, 0.1) is 5.92 Å². The van der Waals surface area contributed by atoms with Gasteiger partial charge >= 0.3 is 0 Å².